The fourth-order valence-electron chi connectivity index (χ4n) is 3.35. The van der Waals surface area contributed by atoms with Crippen LogP contribution in [0.3, 0.4) is 0 Å². The third-order valence-corrected chi connectivity index (χ3v) is 4.29. The van der Waals surface area contributed by atoms with Crippen LogP contribution >= 0.6 is 0 Å². The molecule has 0 aromatic carbocycles. The molecular formula is C15H14N4O2. The highest BCUT2D eigenvalue weighted by atomic mass is 16.5. The van der Waals surface area contributed by atoms with Crippen molar-refractivity contribution in [3.8, 4) is 0 Å². The number of imidazole rings is 1. The number of anilines is 1. The van der Waals surface area contributed by atoms with Crippen LogP contribution in [0, 0.1) is 5.21 Å². The largest absolute Gasteiger partial charge is 0.619 e. The van der Waals surface area contributed by atoms with Crippen molar-refractivity contribution in [2.75, 3.05) is 4.90 Å². The quantitative estimate of drug-likeness (QED) is 0.605. The molecule has 0 aliphatic carbocycles. The summed E-state index contributed by atoms with van der Waals surface area (Å²) in [6, 6.07) is 3.63. The Kier molecular flexibility index (Phi) is 2.57. The van der Waals surface area contributed by atoms with Gasteiger partial charge < -0.3 is 14.7 Å². The van der Waals surface area contributed by atoms with Gasteiger partial charge in [0.25, 0.3) is 0 Å². The average molecular weight is 282 g/mol. The molecule has 1 saturated heterocycles. The van der Waals surface area contributed by atoms with E-state index in [1.54, 1.807) is 30.7 Å². The number of fused-ring (bicyclic) bond motifs is 2. The van der Waals surface area contributed by atoms with Crippen LogP contribution in [0.5, 0.6) is 0 Å². The van der Waals surface area contributed by atoms with Gasteiger partial charge in [-0.3, -0.25) is 4.79 Å². The van der Waals surface area contributed by atoms with E-state index in [1.807, 2.05) is 12.3 Å². The molecule has 2 aliphatic rings. The Bertz CT molecular complexity index is 693. The SMILES string of the molecule is O=C1C=CC2C(n3ccnc3)CC1N2c1cc[n+]([O-])cc1. The predicted octanol–water partition coefficient (Wildman–Crippen LogP) is 0.844. The molecule has 4 rings (SSSR count). The van der Waals surface area contributed by atoms with Gasteiger partial charge in [-0.1, -0.05) is 6.08 Å². The lowest BCUT2D eigenvalue weighted by molar-refractivity contribution is -0.605. The van der Waals surface area contributed by atoms with Crippen LogP contribution in [0.4, 0.5) is 5.69 Å². The van der Waals surface area contributed by atoms with E-state index in [4.69, 9.17) is 0 Å². The Labute approximate surface area is 121 Å². The standard InChI is InChI=1S/C15H14N4O2/c20-15-2-1-12-13(17-8-5-16-10-17)9-14(15)19(12)11-3-6-18(21)7-4-11/h1-8,10,12-14H,9H2. The van der Waals surface area contributed by atoms with Gasteiger partial charge in [0, 0.05) is 30.2 Å². The summed E-state index contributed by atoms with van der Waals surface area (Å²) >= 11 is 0. The third kappa shape index (κ3) is 1.83. The van der Waals surface area contributed by atoms with E-state index >= 15 is 0 Å². The second-order valence-electron chi connectivity index (χ2n) is 5.40. The minimum Gasteiger partial charge on any atom is -0.619 e. The van der Waals surface area contributed by atoms with Gasteiger partial charge in [-0.2, -0.15) is 4.73 Å². The molecule has 3 unspecified atom stereocenters. The first kappa shape index (κ1) is 12.1. The van der Waals surface area contributed by atoms with Crippen LogP contribution < -0.4 is 9.63 Å². The summed E-state index contributed by atoms with van der Waals surface area (Å²) < 4.78 is 2.80. The van der Waals surface area contributed by atoms with Crippen LogP contribution in [0.2, 0.25) is 0 Å². The zero-order valence-corrected chi connectivity index (χ0v) is 11.2. The first-order chi connectivity index (χ1) is 10.2. The molecule has 2 aromatic heterocycles. The predicted molar refractivity (Wildman–Crippen MR) is 75.5 cm³/mol. The highest BCUT2D eigenvalue weighted by Gasteiger charge is 2.46. The first-order valence-corrected chi connectivity index (χ1v) is 6.91. The van der Waals surface area contributed by atoms with Crippen LogP contribution in [-0.2, 0) is 4.79 Å². The Morgan fingerprint density at radius 3 is 2.86 bits per heavy atom. The summed E-state index contributed by atoms with van der Waals surface area (Å²) in [4.78, 5) is 18.4. The fraction of sp³-hybridized carbons (Fsp3) is 0.267. The van der Waals surface area contributed by atoms with Gasteiger partial charge in [-0.05, 0) is 12.5 Å². The van der Waals surface area contributed by atoms with Crippen molar-refractivity contribution in [2.24, 2.45) is 0 Å². The molecule has 2 aromatic rings. The number of carbonyl (C=O) groups is 1. The van der Waals surface area contributed by atoms with Crippen molar-refractivity contribution < 1.29 is 9.52 Å². The smallest absolute Gasteiger partial charge is 0.182 e. The van der Waals surface area contributed by atoms with E-state index in [0.717, 1.165) is 16.8 Å². The number of pyridine rings is 1. The molecule has 0 amide bonds. The van der Waals surface area contributed by atoms with Crippen LogP contribution in [0.25, 0.3) is 0 Å². The second kappa shape index (κ2) is 4.44. The molecule has 0 N–H and O–H groups in total. The molecule has 3 atom stereocenters. The maximum atomic E-state index is 12.2. The van der Waals surface area contributed by atoms with Crippen molar-refractivity contribution >= 4 is 11.5 Å². The minimum atomic E-state index is -0.171. The van der Waals surface area contributed by atoms with Crippen molar-refractivity contribution in [2.45, 2.75) is 24.5 Å². The number of hydrogen-bond donors (Lipinski definition) is 0. The Morgan fingerprint density at radius 2 is 2.14 bits per heavy atom. The molecule has 6 heteroatoms. The average Bonchev–Trinajstić information content (AvgIpc) is 3.09. The summed E-state index contributed by atoms with van der Waals surface area (Å²) in [5.74, 6) is 0.118. The van der Waals surface area contributed by atoms with E-state index in [9.17, 15) is 10.0 Å². The van der Waals surface area contributed by atoms with Gasteiger partial charge in [0.2, 0.25) is 0 Å². The van der Waals surface area contributed by atoms with Crippen molar-refractivity contribution in [3.05, 3.63) is 60.6 Å². The van der Waals surface area contributed by atoms with Crippen LogP contribution in [0.15, 0.2) is 55.4 Å². The van der Waals surface area contributed by atoms with E-state index in [2.05, 4.69) is 14.5 Å². The molecule has 1 fully saturated rings. The van der Waals surface area contributed by atoms with Gasteiger partial charge in [0.05, 0.1) is 24.5 Å². The molecule has 4 heterocycles. The monoisotopic (exact) mass is 282 g/mol. The van der Waals surface area contributed by atoms with Crippen molar-refractivity contribution in [1.82, 2.24) is 9.55 Å². The number of hydrogen-bond acceptors (Lipinski definition) is 4. The highest BCUT2D eigenvalue weighted by molar-refractivity contribution is 5.99. The number of nitrogens with zero attached hydrogens (tertiary/aromatic N) is 4. The van der Waals surface area contributed by atoms with E-state index in [1.165, 1.54) is 12.4 Å². The molecule has 0 saturated carbocycles. The topological polar surface area (TPSA) is 65.1 Å². The molecule has 2 aliphatic heterocycles. The molecule has 106 valence electrons. The highest BCUT2D eigenvalue weighted by Crippen LogP contribution is 2.40. The van der Waals surface area contributed by atoms with Gasteiger partial charge in [-0.25, -0.2) is 4.98 Å². The number of carbonyl (C=O) groups excluding carboxylic acids is 1. The van der Waals surface area contributed by atoms with Gasteiger partial charge >= 0.3 is 0 Å². The lowest BCUT2D eigenvalue weighted by Gasteiger charge is -2.33. The lowest BCUT2D eigenvalue weighted by atomic mass is 10.1. The number of rotatable bonds is 2. The molecule has 2 bridgehead atoms. The molecule has 21 heavy (non-hydrogen) atoms. The first-order valence-electron chi connectivity index (χ1n) is 6.91. The van der Waals surface area contributed by atoms with E-state index < -0.39 is 0 Å². The van der Waals surface area contributed by atoms with E-state index in [-0.39, 0.29) is 23.9 Å². The summed E-state index contributed by atoms with van der Waals surface area (Å²) in [6.07, 6.45) is 12.8. The number of ketones is 1. The van der Waals surface area contributed by atoms with Gasteiger partial charge in [-0.15, -0.1) is 0 Å². The normalized spacial score (nSPS) is 27.3. The minimum absolute atomic E-state index is 0.101. The summed E-state index contributed by atoms with van der Waals surface area (Å²) in [6.45, 7) is 0. The van der Waals surface area contributed by atoms with Gasteiger partial charge in [0.1, 0.15) is 0 Å². The Balaban J connectivity index is 1.75. The Hall–Kier alpha value is -2.63. The maximum Gasteiger partial charge on any atom is 0.182 e. The zero-order chi connectivity index (χ0) is 14.4. The van der Waals surface area contributed by atoms with Crippen molar-refractivity contribution in [3.63, 3.8) is 0 Å². The fourth-order valence-corrected chi connectivity index (χ4v) is 3.35. The third-order valence-electron chi connectivity index (χ3n) is 4.29. The molecular weight excluding hydrogens is 268 g/mol. The van der Waals surface area contributed by atoms with Crippen LogP contribution in [-0.4, -0.2) is 27.4 Å². The van der Waals surface area contributed by atoms with E-state index in [0.29, 0.717) is 0 Å². The number of aromatic nitrogens is 3. The zero-order valence-electron chi connectivity index (χ0n) is 11.2. The lowest BCUT2D eigenvalue weighted by Crippen LogP contribution is -2.43. The summed E-state index contributed by atoms with van der Waals surface area (Å²) in [5, 5.41) is 11.2. The van der Waals surface area contributed by atoms with Crippen molar-refractivity contribution in [1.29, 1.82) is 0 Å². The maximum absolute atomic E-state index is 12.2. The molecule has 0 spiro atoms. The molecule has 6 nitrogen and oxygen atoms in total. The second-order valence-corrected chi connectivity index (χ2v) is 5.40. The summed E-state index contributed by atoms with van der Waals surface area (Å²) in [5.41, 5.74) is 0.900. The summed E-state index contributed by atoms with van der Waals surface area (Å²) in [7, 11) is 0. The van der Waals surface area contributed by atoms with Gasteiger partial charge in [0.15, 0.2) is 18.2 Å². The molecule has 0 radical (unpaired) electrons. The Morgan fingerprint density at radius 1 is 1.33 bits per heavy atom. The van der Waals surface area contributed by atoms with Crippen LogP contribution in [0.1, 0.15) is 12.5 Å².